The van der Waals surface area contributed by atoms with Crippen molar-refractivity contribution >= 4 is 11.8 Å². The number of halogens is 1. The minimum absolute atomic E-state index is 0.255. The van der Waals surface area contributed by atoms with Gasteiger partial charge >= 0.3 is 0 Å². The maximum atomic E-state index is 13.9. The second-order valence-electron chi connectivity index (χ2n) is 6.29. The molecule has 0 radical (unpaired) electrons. The molecule has 1 saturated heterocycles. The monoisotopic (exact) mass is 335 g/mol. The summed E-state index contributed by atoms with van der Waals surface area (Å²) in [6.45, 7) is 9.70. The van der Waals surface area contributed by atoms with Crippen LogP contribution in [0.4, 0.5) is 10.2 Å². The maximum absolute atomic E-state index is 13.9. The normalized spacial score (nSPS) is 18.3. The van der Waals surface area contributed by atoms with Crippen molar-refractivity contribution in [2.24, 2.45) is 10.9 Å². The Morgan fingerprint density at radius 3 is 2.88 bits per heavy atom. The van der Waals surface area contributed by atoms with E-state index in [0.29, 0.717) is 11.7 Å². The van der Waals surface area contributed by atoms with Crippen molar-refractivity contribution < 1.29 is 4.39 Å². The fourth-order valence-corrected chi connectivity index (χ4v) is 2.96. The summed E-state index contributed by atoms with van der Waals surface area (Å²) >= 11 is 0. The molecule has 2 N–H and O–H groups in total. The number of pyridine rings is 1. The fourth-order valence-electron chi connectivity index (χ4n) is 2.96. The number of anilines is 1. The van der Waals surface area contributed by atoms with Crippen LogP contribution >= 0.6 is 0 Å². The van der Waals surface area contributed by atoms with Crippen molar-refractivity contribution in [3.05, 3.63) is 24.1 Å². The van der Waals surface area contributed by atoms with E-state index in [1.54, 1.807) is 12.3 Å². The Bertz CT molecular complexity index is 530. The molecule has 0 saturated carbocycles. The predicted octanol–water partition coefficient (Wildman–Crippen LogP) is 2.79. The number of hydrogen-bond donors (Lipinski definition) is 2. The second kappa shape index (κ2) is 9.45. The Morgan fingerprint density at radius 1 is 1.42 bits per heavy atom. The van der Waals surface area contributed by atoms with Crippen molar-refractivity contribution in [3.8, 4) is 0 Å². The molecule has 1 atom stereocenters. The highest BCUT2D eigenvalue weighted by Gasteiger charge is 2.25. The Labute approximate surface area is 144 Å². The van der Waals surface area contributed by atoms with Gasteiger partial charge < -0.3 is 15.5 Å². The molecule has 1 unspecified atom stereocenters. The zero-order valence-corrected chi connectivity index (χ0v) is 15.1. The predicted molar refractivity (Wildman–Crippen MR) is 98.0 cm³/mol. The van der Waals surface area contributed by atoms with Gasteiger partial charge in [0.05, 0.1) is 0 Å². The summed E-state index contributed by atoms with van der Waals surface area (Å²) in [6.07, 6.45) is 4.89. The molecule has 2 rings (SSSR count). The number of aromatic nitrogens is 1. The summed E-state index contributed by atoms with van der Waals surface area (Å²) in [5.41, 5.74) is 0. The first kappa shape index (κ1) is 18.5. The summed E-state index contributed by atoms with van der Waals surface area (Å²) in [5, 5.41) is 6.80. The summed E-state index contributed by atoms with van der Waals surface area (Å²) in [7, 11) is 0. The SMILES string of the molecule is CCNC(=NCC(CC)CC)NC1CCN(c2ncccc2F)C1. The first-order chi connectivity index (χ1) is 11.7. The van der Waals surface area contributed by atoms with Crippen LogP contribution in [0, 0.1) is 11.7 Å². The third kappa shape index (κ3) is 5.08. The van der Waals surface area contributed by atoms with Crippen LogP contribution in [0.25, 0.3) is 0 Å². The molecule has 2 heterocycles. The van der Waals surface area contributed by atoms with E-state index in [2.05, 4.69) is 36.4 Å². The molecule has 0 aromatic carbocycles. The van der Waals surface area contributed by atoms with Gasteiger partial charge in [-0.2, -0.15) is 0 Å². The molecule has 0 bridgehead atoms. The van der Waals surface area contributed by atoms with E-state index in [1.807, 2.05) is 4.90 Å². The van der Waals surface area contributed by atoms with Crippen LogP contribution < -0.4 is 15.5 Å². The van der Waals surface area contributed by atoms with Gasteiger partial charge in [0.1, 0.15) is 0 Å². The van der Waals surface area contributed by atoms with E-state index in [4.69, 9.17) is 4.99 Å². The lowest BCUT2D eigenvalue weighted by molar-refractivity contribution is 0.502. The van der Waals surface area contributed by atoms with Crippen LogP contribution in [0.5, 0.6) is 0 Å². The Kier molecular flexibility index (Phi) is 7.28. The second-order valence-corrected chi connectivity index (χ2v) is 6.29. The zero-order chi connectivity index (χ0) is 17.4. The fraction of sp³-hybridized carbons (Fsp3) is 0.667. The van der Waals surface area contributed by atoms with E-state index in [1.165, 1.54) is 6.07 Å². The van der Waals surface area contributed by atoms with E-state index >= 15 is 0 Å². The smallest absolute Gasteiger partial charge is 0.191 e. The van der Waals surface area contributed by atoms with Gasteiger partial charge in [-0.3, -0.25) is 4.99 Å². The summed E-state index contributed by atoms with van der Waals surface area (Å²) in [5.74, 6) is 1.68. The molecule has 1 aromatic heterocycles. The average Bonchev–Trinajstić information content (AvgIpc) is 3.04. The van der Waals surface area contributed by atoms with Crippen LogP contribution in [0.15, 0.2) is 23.3 Å². The van der Waals surface area contributed by atoms with Gasteiger partial charge in [-0.15, -0.1) is 0 Å². The van der Waals surface area contributed by atoms with Gasteiger partial charge in [0.2, 0.25) is 0 Å². The van der Waals surface area contributed by atoms with Gasteiger partial charge in [-0.25, -0.2) is 9.37 Å². The van der Waals surface area contributed by atoms with E-state index in [0.717, 1.165) is 51.4 Å². The molecule has 6 heteroatoms. The molecule has 1 aliphatic heterocycles. The Morgan fingerprint density at radius 2 is 2.21 bits per heavy atom. The number of nitrogens with zero attached hydrogens (tertiary/aromatic N) is 3. The third-order valence-corrected chi connectivity index (χ3v) is 4.57. The number of aliphatic imine (C=N–C) groups is 1. The first-order valence-electron chi connectivity index (χ1n) is 9.08. The molecule has 0 aliphatic carbocycles. The molecule has 1 aromatic rings. The quantitative estimate of drug-likeness (QED) is 0.594. The lowest BCUT2D eigenvalue weighted by Crippen LogP contribution is -2.45. The highest BCUT2D eigenvalue weighted by atomic mass is 19.1. The number of guanidine groups is 1. The lowest BCUT2D eigenvalue weighted by Gasteiger charge is -2.20. The van der Waals surface area contributed by atoms with Gasteiger partial charge in [-0.05, 0) is 31.4 Å². The van der Waals surface area contributed by atoms with Crippen molar-refractivity contribution in [2.75, 3.05) is 31.1 Å². The van der Waals surface area contributed by atoms with Crippen molar-refractivity contribution in [3.63, 3.8) is 0 Å². The zero-order valence-electron chi connectivity index (χ0n) is 15.1. The first-order valence-corrected chi connectivity index (χ1v) is 9.08. The molecule has 24 heavy (non-hydrogen) atoms. The third-order valence-electron chi connectivity index (χ3n) is 4.57. The minimum atomic E-state index is -0.257. The summed E-state index contributed by atoms with van der Waals surface area (Å²) in [4.78, 5) is 10.9. The molecule has 134 valence electrons. The van der Waals surface area contributed by atoms with Crippen LogP contribution in [-0.2, 0) is 0 Å². The summed E-state index contributed by atoms with van der Waals surface area (Å²) < 4.78 is 13.9. The van der Waals surface area contributed by atoms with Gasteiger partial charge in [0.25, 0.3) is 0 Å². The van der Waals surface area contributed by atoms with E-state index in [9.17, 15) is 4.39 Å². The van der Waals surface area contributed by atoms with Crippen LogP contribution in [0.3, 0.4) is 0 Å². The van der Waals surface area contributed by atoms with Crippen molar-refractivity contribution in [2.45, 2.75) is 46.1 Å². The minimum Gasteiger partial charge on any atom is -0.357 e. The molecular formula is C18H30FN5. The number of rotatable bonds is 7. The highest BCUT2D eigenvalue weighted by Crippen LogP contribution is 2.20. The average molecular weight is 335 g/mol. The van der Waals surface area contributed by atoms with Gasteiger partial charge in [0.15, 0.2) is 17.6 Å². The number of hydrogen-bond acceptors (Lipinski definition) is 3. The molecule has 1 fully saturated rings. The number of nitrogens with one attached hydrogen (secondary N) is 2. The largest absolute Gasteiger partial charge is 0.357 e. The van der Waals surface area contributed by atoms with Crippen LogP contribution in [-0.4, -0.2) is 43.2 Å². The van der Waals surface area contributed by atoms with Gasteiger partial charge in [-0.1, -0.05) is 26.7 Å². The van der Waals surface area contributed by atoms with Crippen molar-refractivity contribution in [1.29, 1.82) is 0 Å². The maximum Gasteiger partial charge on any atom is 0.191 e. The Balaban J connectivity index is 1.93. The van der Waals surface area contributed by atoms with E-state index in [-0.39, 0.29) is 11.9 Å². The van der Waals surface area contributed by atoms with Crippen LogP contribution in [0.2, 0.25) is 0 Å². The molecule has 1 aliphatic rings. The molecule has 0 amide bonds. The lowest BCUT2D eigenvalue weighted by atomic mass is 10.0. The Hall–Kier alpha value is -1.85. The standard InChI is InChI=1S/C18H30FN5/c1-4-14(5-2)12-22-18(20-6-3)23-15-9-11-24(13-15)17-16(19)8-7-10-21-17/h7-8,10,14-15H,4-6,9,11-13H2,1-3H3,(H2,20,22,23). The topological polar surface area (TPSA) is 52.6 Å². The highest BCUT2D eigenvalue weighted by molar-refractivity contribution is 5.80. The van der Waals surface area contributed by atoms with Crippen LogP contribution in [0.1, 0.15) is 40.0 Å². The molecule has 0 spiro atoms. The molecular weight excluding hydrogens is 305 g/mol. The molecule has 5 nitrogen and oxygen atoms in total. The summed E-state index contributed by atoms with van der Waals surface area (Å²) in [6, 6.07) is 3.34. The van der Waals surface area contributed by atoms with E-state index < -0.39 is 0 Å². The van der Waals surface area contributed by atoms with Gasteiger partial charge in [0, 0.05) is 38.4 Å². The van der Waals surface area contributed by atoms with Crippen molar-refractivity contribution in [1.82, 2.24) is 15.6 Å².